The Kier molecular flexibility index (Phi) is 3.50. The number of carboxylic acid groups (broad SMARTS) is 1. The molecular formula is C13H19N3O2. The molecule has 1 saturated heterocycles. The molecule has 5 nitrogen and oxygen atoms in total. The molecule has 1 aliphatic rings. The number of carbonyl (C=O) groups is 1. The Morgan fingerprint density at radius 3 is 2.61 bits per heavy atom. The molecule has 0 radical (unpaired) electrons. The van der Waals surface area contributed by atoms with E-state index >= 15 is 0 Å². The fraction of sp³-hybridized carbons (Fsp3) is 0.615. The van der Waals surface area contributed by atoms with Gasteiger partial charge < -0.3 is 10.0 Å². The van der Waals surface area contributed by atoms with Crippen LogP contribution in [0.5, 0.6) is 0 Å². The SMILES string of the molecule is CC1CC(C)C(C)N(c2cnc(C(=O)O)cn2)C1. The molecule has 0 amide bonds. The van der Waals surface area contributed by atoms with Gasteiger partial charge in [0.1, 0.15) is 5.82 Å². The topological polar surface area (TPSA) is 66.3 Å². The molecule has 1 N–H and O–H groups in total. The normalized spacial score (nSPS) is 28.2. The van der Waals surface area contributed by atoms with E-state index in [2.05, 4.69) is 35.6 Å². The molecule has 18 heavy (non-hydrogen) atoms. The van der Waals surface area contributed by atoms with Crippen molar-refractivity contribution in [2.75, 3.05) is 11.4 Å². The Morgan fingerprint density at radius 2 is 2.06 bits per heavy atom. The molecule has 3 atom stereocenters. The highest BCUT2D eigenvalue weighted by Crippen LogP contribution is 2.29. The van der Waals surface area contributed by atoms with E-state index in [1.807, 2.05) is 0 Å². The zero-order valence-corrected chi connectivity index (χ0v) is 11.0. The van der Waals surface area contributed by atoms with Crippen LogP contribution in [0.1, 0.15) is 37.7 Å². The second-order valence-electron chi connectivity index (χ2n) is 5.28. The minimum Gasteiger partial charge on any atom is -0.476 e. The van der Waals surface area contributed by atoms with Crippen LogP contribution in [0.15, 0.2) is 12.4 Å². The zero-order chi connectivity index (χ0) is 13.3. The molecule has 1 aliphatic heterocycles. The van der Waals surface area contributed by atoms with Crippen LogP contribution in [0, 0.1) is 11.8 Å². The van der Waals surface area contributed by atoms with Crippen molar-refractivity contribution < 1.29 is 9.90 Å². The lowest BCUT2D eigenvalue weighted by atomic mass is 9.86. The second kappa shape index (κ2) is 4.92. The van der Waals surface area contributed by atoms with Crippen LogP contribution in [-0.2, 0) is 0 Å². The fourth-order valence-electron chi connectivity index (χ4n) is 2.60. The Morgan fingerprint density at radius 1 is 1.33 bits per heavy atom. The van der Waals surface area contributed by atoms with Gasteiger partial charge in [-0.05, 0) is 25.2 Å². The third-order valence-corrected chi connectivity index (χ3v) is 3.75. The van der Waals surface area contributed by atoms with Crippen LogP contribution in [0.4, 0.5) is 5.82 Å². The van der Waals surface area contributed by atoms with E-state index in [1.165, 1.54) is 12.6 Å². The van der Waals surface area contributed by atoms with Crippen molar-refractivity contribution in [3.05, 3.63) is 18.1 Å². The first-order chi connectivity index (χ1) is 8.49. The molecule has 2 rings (SSSR count). The minimum atomic E-state index is -1.04. The number of piperidine rings is 1. The van der Waals surface area contributed by atoms with Crippen LogP contribution in [0.2, 0.25) is 0 Å². The van der Waals surface area contributed by atoms with E-state index in [0.717, 1.165) is 12.4 Å². The largest absolute Gasteiger partial charge is 0.476 e. The zero-order valence-electron chi connectivity index (χ0n) is 11.0. The Bertz CT molecular complexity index is 432. The lowest BCUT2D eigenvalue weighted by molar-refractivity contribution is 0.0690. The summed E-state index contributed by atoms with van der Waals surface area (Å²) in [6, 6.07) is 0.408. The molecule has 1 aromatic rings. The molecule has 0 spiro atoms. The van der Waals surface area contributed by atoms with Gasteiger partial charge >= 0.3 is 5.97 Å². The molecule has 2 heterocycles. The predicted molar refractivity (Wildman–Crippen MR) is 68.7 cm³/mol. The van der Waals surface area contributed by atoms with Crippen molar-refractivity contribution in [3.8, 4) is 0 Å². The number of carboxylic acids is 1. The average molecular weight is 249 g/mol. The van der Waals surface area contributed by atoms with Gasteiger partial charge in [-0.25, -0.2) is 14.8 Å². The summed E-state index contributed by atoms with van der Waals surface area (Å²) in [5, 5.41) is 8.81. The van der Waals surface area contributed by atoms with Gasteiger partial charge in [0.2, 0.25) is 0 Å². The maximum absolute atomic E-state index is 10.7. The number of anilines is 1. The van der Waals surface area contributed by atoms with Crippen molar-refractivity contribution in [2.45, 2.75) is 33.2 Å². The first kappa shape index (κ1) is 12.8. The maximum atomic E-state index is 10.7. The lowest BCUT2D eigenvalue weighted by Gasteiger charge is -2.41. The number of aromatic carboxylic acids is 1. The summed E-state index contributed by atoms with van der Waals surface area (Å²) in [4.78, 5) is 21.1. The highest BCUT2D eigenvalue weighted by Gasteiger charge is 2.29. The number of hydrogen-bond acceptors (Lipinski definition) is 4. The van der Waals surface area contributed by atoms with E-state index in [-0.39, 0.29) is 5.69 Å². The van der Waals surface area contributed by atoms with Crippen molar-refractivity contribution >= 4 is 11.8 Å². The van der Waals surface area contributed by atoms with E-state index in [0.29, 0.717) is 17.9 Å². The van der Waals surface area contributed by atoms with Crippen LogP contribution < -0.4 is 4.90 Å². The second-order valence-corrected chi connectivity index (χ2v) is 5.28. The van der Waals surface area contributed by atoms with Crippen molar-refractivity contribution in [2.24, 2.45) is 11.8 Å². The summed E-state index contributed by atoms with van der Waals surface area (Å²) in [6.07, 6.45) is 4.11. The number of hydrogen-bond donors (Lipinski definition) is 1. The van der Waals surface area contributed by atoms with Gasteiger partial charge in [0, 0.05) is 12.6 Å². The third-order valence-electron chi connectivity index (χ3n) is 3.75. The number of rotatable bonds is 2. The first-order valence-electron chi connectivity index (χ1n) is 6.31. The standard InChI is InChI=1S/C13H19N3O2/c1-8-4-9(2)10(3)16(7-8)12-6-14-11(5-15-12)13(17)18/h5-6,8-10H,4,7H2,1-3H3,(H,17,18). The van der Waals surface area contributed by atoms with Gasteiger partial charge in [-0.15, -0.1) is 0 Å². The van der Waals surface area contributed by atoms with E-state index in [4.69, 9.17) is 5.11 Å². The van der Waals surface area contributed by atoms with E-state index in [1.54, 1.807) is 6.20 Å². The van der Waals surface area contributed by atoms with Gasteiger partial charge in [0.25, 0.3) is 0 Å². The average Bonchev–Trinajstić information content (AvgIpc) is 2.34. The molecule has 5 heteroatoms. The predicted octanol–water partition coefficient (Wildman–Crippen LogP) is 2.05. The number of aromatic nitrogens is 2. The van der Waals surface area contributed by atoms with E-state index in [9.17, 15) is 4.79 Å². The smallest absolute Gasteiger partial charge is 0.356 e. The third kappa shape index (κ3) is 2.44. The fourth-order valence-corrected chi connectivity index (χ4v) is 2.60. The quantitative estimate of drug-likeness (QED) is 0.868. The molecular weight excluding hydrogens is 230 g/mol. The van der Waals surface area contributed by atoms with Gasteiger partial charge in [0.15, 0.2) is 5.69 Å². The lowest BCUT2D eigenvalue weighted by Crippen LogP contribution is -2.46. The molecule has 98 valence electrons. The summed E-state index contributed by atoms with van der Waals surface area (Å²) in [7, 11) is 0. The van der Waals surface area contributed by atoms with Gasteiger partial charge in [-0.1, -0.05) is 13.8 Å². The summed E-state index contributed by atoms with van der Waals surface area (Å²) in [5.74, 6) is 0.959. The van der Waals surface area contributed by atoms with Gasteiger partial charge in [-0.3, -0.25) is 0 Å². The Balaban J connectivity index is 2.21. The summed E-state index contributed by atoms with van der Waals surface area (Å²) < 4.78 is 0. The van der Waals surface area contributed by atoms with Crippen LogP contribution >= 0.6 is 0 Å². The Hall–Kier alpha value is -1.65. The molecule has 3 unspecified atom stereocenters. The number of nitrogens with zero attached hydrogens (tertiary/aromatic N) is 3. The Labute approximate surface area is 107 Å². The molecule has 0 saturated carbocycles. The van der Waals surface area contributed by atoms with Crippen molar-refractivity contribution in [3.63, 3.8) is 0 Å². The van der Waals surface area contributed by atoms with Crippen LogP contribution in [0.25, 0.3) is 0 Å². The molecule has 0 bridgehead atoms. The van der Waals surface area contributed by atoms with E-state index < -0.39 is 5.97 Å². The van der Waals surface area contributed by atoms with Crippen molar-refractivity contribution in [1.82, 2.24) is 9.97 Å². The first-order valence-corrected chi connectivity index (χ1v) is 6.31. The molecule has 0 aromatic carbocycles. The minimum absolute atomic E-state index is 0.00971. The summed E-state index contributed by atoms with van der Waals surface area (Å²) in [6.45, 7) is 7.61. The van der Waals surface area contributed by atoms with Crippen LogP contribution in [0.3, 0.4) is 0 Å². The monoisotopic (exact) mass is 249 g/mol. The van der Waals surface area contributed by atoms with Gasteiger partial charge in [0.05, 0.1) is 12.4 Å². The van der Waals surface area contributed by atoms with Gasteiger partial charge in [-0.2, -0.15) is 0 Å². The molecule has 1 fully saturated rings. The summed E-state index contributed by atoms with van der Waals surface area (Å²) in [5.41, 5.74) is -0.00971. The maximum Gasteiger partial charge on any atom is 0.356 e. The highest BCUT2D eigenvalue weighted by molar-refractivity contribution is 5.84. The summed E-state index contributed by atoms with van der Waals surface area (Å²) >= 11 is 0. The highest BCUT2D eigenvalue weighted by atomic mass is 16.4. The van der Waals surface area contributed by atoms with Crippen LogP contribution in [-0.4, -0.2) is 33.6 Å². The molecule has 0 aliphatic carbocycles. The molecule has 1 aromatic heterocycles. The van der Waals surface area contributed by atoms with Crippen molar-refractivity contribution in [1.29, 1.82) is 0 Å².